The Morgan fingerprint density at radius 1 is 1.27 bits per heavy atom. The Morgan fingerprint density at radius 3 is 2.64 bits per heavy atom. The Bertz CT molecular complexity index is 602. The molecule has 7 nitrogen and oxygen atoms in total. The molecular formula is C15H27N4O3+. The topological polar surface area (TPSA) is 91.9 Å². The molecular weight excluding hydrogens is 284 g/mol. The van der Waals surface area contributed by atoms with Crippen LogP contribution < -0.4 is 16.1 Å². The lowest BCUT2D eigenvalue weighted by Crippen LogP contribution is -3.06. The first-order valence-corrected chi connectivity index (χ1v) is 7.82. The van der Waals surface area contributed by atoms with Gasteiger partial charge in [0.15, 0.2) is 0 Å². The van der Waals surface area contributed by atoms with E-state index in [1.807, 2.05) is 14.1 Å². The fraction of sp³-hybridized carbons (Fsp3) is 0.667. The molecule has 0 radical (unpaired) electrons. The lowest BCUT2D eigenvalue weighted by Gasteiger charge is -2.09. The van der Waals surface area contributed by atoms with Crippen molar-refractivity contribution < 1.29 is 10.0 Å². The van der Waals surface area contributed by atoms with E-state index in [9.17, 15) is 14.7 Å². The Morgan fingerprint density at radius 2 is 2.00 bits per heavy atom. The third kappa shape index (κ3) is 5.48. The molecule has 3 N–H and O–H groups in total. The van der Waals surface area contributed by atoms with Crippen molar-refractivity contribution in [2.75, 3.05) is 27.2 Å². The molecule has 0 amide bonds. The Balaban J connectivity index is 2.89. The zero-order valence-corrected chi connectivity index (χ0v) is 13.7. The Hall–Kier alpha value is -1.89. The first kappa shape index (κ1) is 18.2. The van der Waals surface area contributed by atoms with Crippen molar-refractivity contribution in [1.82, 2.24) is 9.55 Å². The fourth-order valence-electron chi connectivity index (χ4n) is 2.04. The SMILES string of the molecule is CCCCCCn1c(O)c(C=NCC[NH+](C)C)c(=O)[nH]c1=O. The molecule has 0 aliphatic heterocycles. The highest BCUT2D eigenvalue weighted by Gasteiger charge is 2.12. The molecule has 0 aliphatic carbocycles. The van der Waals surface area contributed by atoms with E-state index in [0.29, 0.717) is 13.1 Å². The maximum Gasteiger partial charge on any atom is 0.331 e. The van der Waals surface area contributed by atoms with Gasteiger partial charge in [-0.1, -0.05) is 26.2 Å². The van der Waals surface area contributed by atoms with Crippen molar-refractivity contribution in [3.63, 3.8) is 0 Å². The van der Waals surface area contributed by atoms with E-state index in [-0.39, 0.29) is 11.4 Å². The van der Waals surface area contributed by atoms with Crippen LogP contribution in [0.15, 0.2) is 14.6 Å². The molecule has 1 aromatic rings. The van der Waals surface area contributed by atoms with Crippen LogP contribution in [0.4, 0.5) is 0 Å². The van der Waals surface area contributed by atoms with Gasteiger partial charge in [0.25, 0.3) is 5.56 Å². The van der Waals surface area contributed by atoms with Gasteiger partial charge in [0.2, 0.25) is 5.88 Å². The second-order valence-corrected chi connectivity index (χ2v) is 5.70. The van der Waals surface area contributed by atoms with Crippen LogP contribution in [-0.4, -0.2) is 48.1 Å². The summed E-state index contributed by atoms with van der Waals surface area (Å²) in [5.74, 6) is -0.300. The van der Waals surface area contributed by atoms with Crippen LogP contribution >= 0.6 is 0 Å². The van der Waals surface area contributed by atoms with E-state index >= 15 is 0 Å². The molecule has 0 unspecified atom stereocenters. The minimum absolute atomic E-state index is 0.0452. The number of unbranched alkanes of at least 4 members (excludes halogenated alkanes) is 3. The van der Waals surface area contributed by atoms with Crippen LogP contribution in [0.1, 0.15) is 38.2 Å². The predicted molar refractivity (Wildman–Crippen MR) is 87.3 cm³/mol. The number of hydrogen-bond acceptors (Lipinski definition) is 4. The van der Waals surface area contributed by atoms with Gasteiger partial charge in [-0.25, -0.2) is 4.79 Å². The Labute approximate surface area is 130 Å². The van der Waals surface area contributed by atoms with Crippen LogP contribution in [0.5, 0.6) is 5.88 Å². The summed E-state index contributed by atoms with van der Waals surface area (Å²) in [4.78, 5) is 31.2. The summed E-state index contributed by atoms with van der Waals surface area (Å²) in [6, 6.07) is 0. The predicted octanol–water partition coefficient (Wildman–Crippen LogP) is -0.614. The molecule has 1 heterocycles. The minimum Gasteiger partial charge on any atom is -0.494 e. The van der Waals surface area contributed by atoms with Crippen LogP contribution in [0.2, 0.25) is 0 Å². The molecule has 1 aromatic heterocycles. The molecule has 0 fully saturated rings. The van der Waals surface area contributed by atoms with Crippen LogP contribution in [-0.2, 0) is 6.54 Å². The second-order valence-electron chi connectivity index (χ2n) is 5.70. The number of likely N-dealkylation sites (N-methyl/N-ethyl adjacent to an activating group) is 1. The second kappa shape index (κ2) is 9.19. The Kier molecular flexibility index (Phi) is 7.59. The van der Waals surface area contributed by atoms with E-state index in [2.05, 4.69) is 16.9 Å². The van der Waals surface area contributed by atoms with E-state index in [4.69, 9.17) is 0 Å². The average molecular weight is 311 g/mol. The molecule has 0 atom stereocenters. The molecule has 7 heteroatoms. The third-order valence-corrected chi connectivity index (χ3v) is 3.40. The van der Waals surface area contributed by atoms with E-state index in [1.165, 1.54) is 15.7 Å². The lowest BCUT2D eigenvalue weighted by atomic mass is 10.2. The van der Waals surface area contributed by atoms with Gasteiger partial charge in [-0.3, -0.25) is 19.3 Å². The molecule has 0 aromatic carbocycles. The van der Waals surface area contributed by atoms with Crippen molar-refractivity contribution in [1.29, 1.82) is 0 Å². The molecule has 1 rings (SSSR count). The number of aromatic amines is 1. The van der Waals surface area contributed by atoms with Gasteiger partial charge in [-0.05, 0) is 6.42 Å². The summed E-state index contributed by atoms with van der Waals surface area (Å²) < 4.78 is 1.20. The van der Waals surface area contributed by atoms with Gasteiger partial charge in [-0.2, -0.15) is 0 Å². The van der Waals surface area contributed by atoms with Crippen molar-refractivity contribution >= 4 is 6.21 Å². The van der Waals surface area contributed by atoms with Gasteiger partial charge in [-0.15, -0.1) is 0 Å². The number of quaternary nitrogens is 1. The summed E-state index contributed by atoms with van der Waals surface area (Å²) in [7, 11) is 4.02. The maximum absolute atomic E-state index is 11.8. The van der Waals surface area contributed by atoms with Crippen molar-refractivity contribution in [2.45, 2.75) is 39.2 Å². The maximum atomic E-state index is 11.8. The first-order valence-electron chi connectivity index (χ1n) is 7.82. The minimum atomic E-state index is -0.603. The number of aromatic nitrogens is 2. The van der Waals surface area contributed by atoms with Crippen molar-refractivity contribution in [3.8, 4) is 5.88 Å². The monoisotopic (exact) mass is 311 g/mol. The average Bonchev–Trinajstić information content (AvgIpc) is 2.45. The van der Waals surface area contributed by atoms with E-state index < -0.39 is 11.2 Å². The lowest BCUT2D eigenvalue weighted by molar-refractivity contribution is -0.856. The smallest absolute Gasteiger partial charge is 0.331 e. The summed E-state index contributed by atoms with van der Waals surface area (Å²) >= 11 is 0. The van der Waals surface area contributed by atoms with Gasteiger partial charge in [0.05, 0.1) is 27.2 Å². The molecule has 124 valence electrons. The summed E-state index contributed by atoms with van der Waals surface area (Å²) in [6.45, 7) is 3.88. The van der Waals surface area contributed by atoms with Gasteiger partial charge < -0.3 is 10.0 Å². The quantitative estimate of drug-likeness (QED) is 0.419. The van der Waals surface area contributed by atoms with Gasteiger partial charge in [0.1, 0.15) is 5.56 Å². The van der Waals surface area contributed by atoms with Crippen LogP contribution in [0.25, 0.3) is 0 Å². The first-order chi connectivity index (χ1) is 10.5. The van der Waals surface area contributed by atoms with E-state index in [0.717, 1.165) is 32.2 Å². The standard InChI is InChI=1S/C15H26N4O3/c1-4-5-6-7-9-19-14(21)12(13(20)17-15(19)22)11-16-8-10-18(2)3/h11,21H,4-10H2,1-3H3,(H,17,20,22)/p+1. The summed E-state index contributed by atoms with van der Waals surface area (Å²) in [6.07, 6.45) is 5.29. The summed E-state index contributed by atoms with van der Waals surface area (Å²) in [5.41, 5.74) is -1.13. The molecule has 0 spiro atoms. The normalized spacial score (nSPS) is 11.6. The number of nitrogens with zero attached hydrogens (tertiary/aromatic N) is 2. The van der Waals surface area contributed by atoms with Crippen LogP contribution in [0.3, 0.4) is 0 Å². The van der Waals surface area contributed by atoms with Crippen molar-refractivity contribution in [2.24, 2.45) is 4.99 Å². The molecule has 0 saturated heterocycles. The van der Waals surface area contributed by atoms with E-state index in [1.54, 1.807) is 0 Å². The summed E-state index contributed by atoms with van der Waals surface area (Å²) in [5, 5.41) is 10.2. The largest absolute Gasteiger partial charge is 0.494 e. The molecule has 0 saturated carbocycles. The zero-order valence-electron chi connectivity index (χ0n) is 13.7. The number of hydrogen-bond donors (Lipinski definition) is 3. The van der Waals surface area contributed by atoms with Crippen molar-refractivity contribution in [3.05, 3.63) is 26.4 Å². The number of aliphatic imine (C=N–C) groups is 1. The number of nitrogens with one attached hydrogen (secondary N) is 2. The van der Waals surface area contributed by atoms with Crippen LogP contribution in [0, 0.1) is 0 Å². The fourth-order valence-corrected chi connectivity index (χ4v) is 2.04. The highest BCUT2D eigenvalue weighted by Crippen LogP contribution is 2.10. The van der Waals surface area contributed by atoms with Gasteiger partial charge in [0, 0.05) is 12.8 Å². The number of H-pyrrole nitrogens is 1. The number of aromatic hydroxyl groups is 1. The van der Waals surface area contributed by atoms with Gasteiger partial charge >= 0.3 is 5.69 Å². The molecule has 0 aliphatic rings. The number of rotatable bonds is 9. The molecule has 22 heavy (non-hydrogen) atoms. The third-order valence-electron chi connectivity index (χ3n) is 3.40. The molecule has 0 bridgehead atoms. The highest BCUT2D eigenvalue weighted by atomic mass is 16.3. The highest BCUT2D eigenvalue weighted by molar-refractivity contribution is 5.81. The zero-order chi connectivity index (χ0) is 16.5.